The Morgan fingerprint density at radius 2 is 2.31 bits per heavy atom. The molecule has 0 aromatic carbocycles. The molecule has 0 amide bonds. The predicted molar refractivity (Wildman–Crippen MR) is 49.1 cm³/mol. The summed E-state index contributed by atoms with van der Waals surface area (Å²) in [6.07, 6.45) is 3.74. The summed E-state index contributed by atoms with van der Waals surface area (Å²) < 4.78 is 2.01. The van der Waals surface area contributed by atoms with Crippen LogP contribution >= 0.6 is 0 Å². The zero-order chi connectivity index (χ0) is 9.47. The lowest BCUT2D eigenvalue weighted by Crippen LogP contribution is -2.59. The summed E-state index contributed by atoms with van der Waals surface area (Å²) in [7, 11) is 1.99. The van der Waals surface area contributed by atoms with E-state index >= 15 is 0 Å². The maximum atomic E-state index is 9.51. The zero-order valence-electron chi connectivity index (χ0n) is 8.06. The van der Waals surface area contributed by atoms with Crippen LogP contribution in [0.5, 0.6) is 0 Å². The summed E-state index contributed by atoms with van der Waals surface area (Å²) in [6, 6.07) is 0. The van der Waals surface area contributed by atoms with Crippen molar-refractivity contribution in [2.75, 3.05) is 13.1 Å². The van der Waals surface area contributed by atoms with Gasteiger partial charge in [0.2, 0.25) is 0 Å². The van der Waals surface area contributed by atoms with Crippen molar-refractivity contribution < 1.29 is 5.11 Å². The van der Waals surface area contributed by atoms with Gasteiger partial charge in [0.05, 0.1) is 12.1 Å². The molecule has 2 rings (SSSR count). The first-order valence-corrected chi connectivity index (χ1v) is 4.48. The Morgan fingerprint density at radius 1 is 1.62 bits per heavy atom. The SMILES string of the molecule is Cn1ccnc1CN1CC(C)(O)C1. The lowest BCUT2D eigenvalue weighted by Gasteiger charge is -2.43. The van der Waals surface area contributed by atoms with Crippen molar-refractivity contribution in [1.82, 2.24) is 14.5 Å². The Morgan fingerprint density at radius 3 is 2.77 bits per heavy atom. The molecule has 1 aromatic rings. The van der Waals surface area contributed by atoms with Crippen molar-refractivity contribution in [2.24, 2.45) is 7.05 Å². The van der Waals surface area contributed by atoms with Crippen LogP contribution in [0.1, 0.15) is 12.7 Å². The van der Waals surface area contributed by atoms with Crippen LogP contribution in [-0.2, 0) is 13.6 Å². The van der Waals surface area contributed by atoms with Crippen LogP contribution in [0.4, 0.5) is 0 Å². The molecule has 4 nitrogen and oxygen atoms in total. The van der Waals surface area contributed by atoms with Gasteiger partial charge in [-0.3, -0.25) is 4.90 Å². The van der Waals surface area contributed by atoms with Crippen LogP contribution in [0.3, 0.4) is 0 Å². The molecule has 0 bridgehead atoms. The number of hydrogen-bond donors (Lipinski definition) is 1. The largest absolute Gasteiger partial charge is 0.388 e. The molecular weight excluding hydrogens is 166 g/mol. The standard InChI is InChI=1S/C9H15N3O/c1-9(13)6-12(7-9)5-8-10-3-4-11(8)2/h3-4,13H,5-7H2,1-2H3. The fourth-order valence-electron chi connectivity index (χ4n) is 1.78. The molecule has 1 fully saturated rings. The van der Waals surface area contributed by atoms with E-state index in [0.717, 1.165) is 25.5 Å². The highest BCUT2D eigenvalue weighted by Crippen LogP contribution is 2.21. The van der Waals surface area contributed by atoms with E-state index < -0.39 is 5.60 Å². The Kier molecular flexibility index (Phi) is 1.89. The molecular formula is C9H15N3O. The van der Waals surface area contributed by atoms with Gasteiger partial charge in [-0.2, -0.15) is 0 Å². The van der Waals surface area contributed by atoms with Crippen molar-refractivity contribution in [3.05, 3.63) is 18.2 Å². The highest BCUT2D eigenvalue weighted by Gasteiger charge is 2.36. The predicted octanol–water partition coefficient (Wildman–Crippen LogP) is -0.0133. The topological polar surface area (TPSA) is 41.3 Å². The Balaban J connectivity index is 1.91. The number of hydrogen-bond acceptors (Lipinski definition) is 3. The average Bonchev–Trinajstić information content (AvgIpc) is 2.33. The van der Waals surface area contributed by atoms with Gasteiger partial charge in [0.1, 0.15) is 5.82 Å². The van der Waals surface area contributed by atoms with E-state index in [1.807, 2.05) is 24.7 Å². The Labute approximate surface area is 77.8 Å². The molecule has 1 aromatic heterocycles. The molecule has 1 aliphatic rings. The zero-order valence-corrected chi connectivity index (χ0v) is 8.06. The van der Waals surface area contributed by atoms with Gasteiger partial charge < -0.3 is 9.67 Å². The van der Waals surface area contributed by atoms with E-state index in [1.54, 1.807) is 6.20 Å². The van der Waals surface area contributed by atoms with Crippen LogP contribution in [0.2, 0.25) is 0 Å². The number of rotatable bonds is 2. The van der Waals surface area contributed by atoms with Crippen molar-refractivity contribution >= 4 is 0 Å². The number of aliphatic hydroxyl groups is 1. The lowest BCUT2D eigenvalue weighted by molar-refractivity contribution is -0.0882. The highest BCUT2D eigenvalue weighted by atomic mass is 16.3. The summed E-state index contributed by atoms with van der Waals surface area (Å²) in [5.74, 6) is 1.05. The molecule has 0 spiro atoms. The minimum Gasteiger partial charge on any atom is -0.388 e. The normalized spacial score (nSPS) is 21.5. The van der Waals surface area contributed by atoms with Gasteiger partial charge in [-0.15, -0.1) is 0 Å². The van der Waals surface area contributed by atoms with Crippen LogP contribution in [-0.4, -0.2) is 38.2 Å². The van der Waals surface area contributed by atoms with E-state index in [-0.39, 0.29) is 0 Å². The third-order valence-electron chi connectivity index (χ3n) is 2.41. The second-order valence-corrected chi connectivity index (χ2v) is 4.10. The van der Waals surface area contributed by atoms with Crippen LogP contribution in [0, 0.1) is 0 Å². The van der Waals surface area contributed by atoms with Gasteiger partial charge in [-0.25, -0.2) is 4.98 Å². The average molecular weight is 181 g/mol. The minimum absolute atomic E-state index is 0.481. The van der Waals surface area contributed by atoms with Gasteiger partial charge in [-0.1, -0.05) is 0 Å². The monoisotopic (exact) mass is 181 g/mol. The Bertz CT molecular complexity index is 298. The van der Waals surface area contributed by atoms with Gasteiger partial charge in [0.15, 0.2) is 0 Å². The van der Waals surface area contributed by atoms with Gasteiger partial charge in [0.25, 0.3) is 0 Å². The number of likely N-dealkylation sites (tertiary alicyclic amines) is 1. The first-order chi connectivity index (χ1) is 6.07. The van der Waals surface area contributed by atoms with E-state index in [4.69, 9.17) is 0 Å². The second-order valence-electron chi connectivity index (χ2n) is 4.10. The first-order valence-electron chi connectivity index (χ1n) is 4.48. The van der Waals surface area contributed by atoms with Crippen molar-refractivity contribution in [3.63, 3.8) is 0 Å². The van der Waals surface area contributed by atoms with E-state index in [2.05, 4.69) is 9.88 Å². The molecule has 0 saturated carbocycles. The van der Waals surface area contributed by atoms with Crippen molar-refractivity contribution in [2.45, 2.75) is 19.1 Å². The summed E-state index contributed by atoms with van der Waals surface area (Å²) >= 11 is 0. The first kappa shape index (κ1) is 8.72. The summed E-state index contributed by atoms with van der Waals surface area (Å²) in [4.78, 5) is 6.41. The number of aryl methyl sites for hydroxylation is 1. The fraction of sp³-hybridized carbons (Fsp3) is 0.667. The number of β-amino-alcohol motifs (C(OH)–C–C–N with tert-alkyl or cyclic N) is 1. The van der Waals surface area contributed by atoms with Crippen molar-refractivity contribution in [3.8, 4) is 0 Å². The van der Waals surface area contributed by atoms with Gasteiger partial charge in [0, 0.05) is 32.5 Å². The summed E-state index contributed by atoms with van der Waals surface area (Å²) in [5, 5.41) is 9.51. The minimum atomic E-state index is -0.481. The molecule has 1 saturated heterocycles. The van der Waals surface area contributed by atoms with E-state index in [9.17, 15) is 5.11 Å². The fourth-order valence-corrected chi connectivity index (χ4v) is 1.78. The van der Waals surface area contributed by atoms with Gasteiger partial charge >= 0.3 is 0 Å². The molecule has 72 valence electrons. The summed E-state index contributed by atoms with van der Waals surface area (Å²) in [5.41, 5.74) is -0.481. The molecule has 0 unspecified atom stereocenters. The highest BCUT2D eigenvalue weighted by molar-refractivity contribution is 4.97. The quantitative estimate of drug-likeness (QED) is 0.697. The molecule has 1 N–H and O–H groups in total. The van der Waals surface area contributed by atoms with E-state index in [0.29, 0.717) is 0 Å². The maximum Gasteiger partial charge on any atom is 0.122 e. The van der Waals surface area contributed by atoms with E-state index in [1.165, 1.54) is 0 Å². The second kappa shape index (κ2) is 2.82. The molecule has 4 heteroatoms. The molecule has 1 aliphatic heterocycles. The third kappa shape index (κ3) is 1.73. The van der Waals surface area contributed by atoms with Crippen LogP contribution in [0.15, 0.2) is 12.4 Å². The molecule has 0 radical (unpaired) electrons. The molecule has 0 atom stereocenters. The molecule has 2 heterocycles. The molecule has 13 heavy (non-hydrogen) atoms. The maximum absolute atomic E-state index is 9.51. The number of nitrogens with zero attached hydrogens (tertiary/aromatic N) is 3. The Hall–Kier alpha value is -0.870. The van der Waals surface area contributed by atoms with Crippen LogP contribution < -0.4 is 0 Å². The number of imidazole rings is 1. The smallest absolute Gasteiger partial charge is 0.122 e. The summed E-state index contributed by atoms with van der Waals surface area (Å²) in [6.45, 7) is 4.20. The van der Waals surface area contributed by atoms with Gasteiger partial charge in [-0.05, 0) is 6.92 Å². The molecule has 0 aliphatic carbocycles. The van der Waals surface area contributed by atoms with Crippen LogP contribution in [0.25, 0.3) is 0 Å². The third-order valence-corrected chi connectivity index (χ3v) is 2.41. The van der Waals surface area contributed by atoms with Crippen molar-refractivity contribution in [1.29, 1.82) is 0 Å². The number of aromatic nitrogens is 2. The lowest BCUT2D eigenvalue weighted by atomic mass is 9.97.